The first-order valence-corrected chi connectivity index (χ1v) is 6.19. The van der Waals surface area contributed by atoms with Gasteiger partial charge in [-0.25, -0.2) is 0 Å². The molecule has 0 bridgehead atoms. The second-order valence-corrected chi connectivity index (χ2v) is 4.67. The second-order valence-electron chi connectivity index (χ2n) is 4.67. The maximum Gasteiger partial charge on any atom is 0.272 e. The minimum atomic E-state index is -0.173. The molecule has 2 rings (SSSR count). The molecule has 5 heteroatoms. The Hall–Kier alpha value is -2.56. The molecule has 2 aromatic rings. The fraction of sp³-hybridized carbons (Fsp3) is 0.200. The topological polar surface area (TPSA) is 68.5 Å². The van der Waals surface area contributed by atoms with Gasteiger partial charge < -0.3 is 15.4 Å². The molecule has 2 N–H and O–H groups in total. The van der Waals surface area contributed by atoms with Gasteiger partial charge in [0.15, 0.2) is 5.75 Å². The van der Waals surface area contributed by atoms with Crippen LogP contribution in [0.4, 0.5) is 5.69 Å². The van der Waals surface area contributed by atoms with Gasteiger partial charge >= 0.3 is 0 Å². The van der Waals surface area contributed by atoms with Crippen LogP contribution in [0.2, 0.25) is 0 Å². The second kappa shape index (κ2) is 5.61. The van der Waals surface area contributed by atoms with Crippen LogP contribution in [-0.4, -0.2) is 29.9 Å². The van der Waals surface area contributed by atoms with Crippen molar-refractivity contribution in [2.45, 2.75) is 6.92 Å². The fourth-order valence-corrected chi connectivity index (χ4v) is 1.69. The number of carbonyl (C=O) groups excluding carboxylic acids is 1. The van der Waals surface area contributed by atoms with Crippen molar-refractivity contribution in [2.24, 2.45) is 0 Å². The van der Waals surface area contributed by atoms with E-state index < -0.39 is 0 Å². The van der Waals surface area contributed by atoms with Gasteiger partial charge in [-0.3, -0.25) is 9.78 Å². The molecule has 0 saturated carbocycles. The summed E-state index contributed by atoms with van der Waals surface area (Å²) in [4.78, 5) is 17.4. The highest BCUT2D eigenvalue weighted by Gasteiger charge is 2.11. The van der Waals surface area contributed by atoms with Gasteiger partial charge in [-0.05, 0) is 24.6 Å². The van der Waals surface area contributed by atoms with Crippen molar-refractivity contribution in [3.05, 3.63) is 47.8 Å². The van der Waals surface area contributed by atoms with Gasteiger partial charge in [-0.2, -0.15) is 0 Å². The molecule has 0 aliphatic carbocycles. The maximum absolute atomic E-state index is 11.9. The van der Waals surface area contributed by atoms with E-state index >= 15 is 0 Å². The Kier molecular flexibility index (Phi) is 3.89. The molecule has 1 heterocycles. The molecular formula is C15H17N3O2. The highest BCUT2D eigenvalue weighted by atomic mass is 16.5. The van der Waals surface area contributed by atoms with E-state index in [1.807, 2.05) is 19.1 Å². The first-order chi connectivity index (χ1) is 9.49. The number of nitrogens with two attached hydrogens (primary N) is 1. The van der Waals surface area contributed by atoms with Gasteiger partial charge in [-0.1, -0.05) is 12.1 Å². The van der Waals surface area contributed by atoms with Crippen LogP contribution in [0.25, 0.3) is 0 Å². The van der Waals surface area contributed by atoms with Crippen molar-refractivity contribution < 1.29 is 9.53 Å². The molecule has 1 aromatic heterocycles. The minimum Gasteiger partial charge on any atom is -0.455 e. The number of benzene rings is 1. The Morgan fingerprint density at radius 1 is 1.30 bits per heavy atom. The monoisotopic (exact) mass is 271 g/mol. The number of carbonyl (C=O) groups is 1. The van der Waals surface area contributed by atoms with Crippen LogP contribution >= 0.6 is 0 Å². The van der Waals surface area contributed by atoms with Crippen molar-refractivity contribution in [3.8, 4) is 11.5 Å². The molecule has 0 atom stereocenters. The van der Waals surface area contributed by atoms with E-state index in [1.165, 1.54) is 11.1 Å². The summed E-state index contributed by atoms with van der Waals surface area (Å²) in [6.45, 7) is 1.91. The zero-order valence-electron chi connectivity index (χ0n) is 11.8. The third-order valence-corrected chi connectivity index (χ3v) is 2.87. The predicted octanol–water partition coefficient (Wildman–Crippen LogP) is 2.47. The van der Waals surface area contributed by atoms with Gasteiger partial charge in [0.1, 0.15) is 11.4 Å². The lowest BCUT2D eigenvalue weighted by molar-refractivity contribution is 0.0821. The fourth-order valence-electron chi connectivity index (χ4n) is 1.69. The Morgan fingerprint density at radius 2 is 2.05 bits per heavy atom. The number of ether oxygens (including phenoxy) is 1. The highest BCUT2D eigenvalue weighted by Crippen LogP contribution is 2.29. The number of amides is 1. The Labute approximate surface area is 118 Å². The molecule has 104 valence electrons. The van der Waals surface area contributed by atoms with E-state index in [1.54, 1.807) is 32.3 Å². The number of nitrogen functional groups attached to an aromatic ring is 1. The van der Waals surface area contributed by atoms with Crippen LogP contribution in [0.3, 0.4) is 0 Å². The molecule has 0 radical (unpaired) electrons. The van der Waals surface area contributed by atoms with Crippen LogP contribution < -0.4 is 10.5 Å². The molecule has 1 aromatic carbocycles. The number of pyridine rings is 1. The molecular weight excluding hydrogens is 254 g/mol. The Bertz CT molecular complexity index is 639. The maximum atomic E-state index is 11.9. The SMILES string of the molecule is Cc1cccc(Oc2ccnc(C(=O)N(C)C)c2)c1N. The number of hydrogen-bond acceptors (Lipinski definition) is 4. The molecule has 0 aliphatic heterocycles. The number of hydrogen-bond donors (Lipinski definition) is 1. The summed E-state index contributed by atoms with van der Waals surface area (Å²) in [7, 11) is 3.35. The van der Waals surface area contributed by atoms with Gasteiger partial charge in [0.25, 0.3) is 5.91 Å². The normalized spacial score (nSPS) is 10.2. The highest BCUT2D eigenvalue weighted by molar-refractivity contribution is 5.92. The zero-order chi connectivity index (χ0) is 14.7. The smallest absolute Gasteiger partial charge is 0.272 e. The van der Waals surface area contributed by atoms with Crippen LogP contribution in [0.5, 0.6) is 11.5 Å². The van der Waals surface area contributed by atoms with Crippen molar-refractivity contribution in [2.75, 3.05) is 19.8 Å². The van der Waals surface area contributed by atoms with Crippen LogP contribution in [0.15, 0.2) is 36.5 Å². The zero-order valence-corrected chi connectivity index (χ0v) is 11.8. The number of nitrogens with zero attached hydrogens (tertiary/aromatic N) is 2. The molecule has 0 spiro atoms. The van der Waals surface area contributed by atoms with Gasteiger partial charge in [0.2, 0.25) is 0 Å². The molecule has 1 amide bonds. The van der Waals surface area contributed by atoms with Crippen molar-refractivity contribution in [1.29, 1.82) is 0 Å². The summed E-state index contributed by atoms with van der Waals surface area (Å²) in [6, 6.07) is 8.86. The van der Waals surface area contributed by atoms with E-state index in [-0.39, 0.29) is 5.91 Å². The molecule has 20 heavy (non-hydrogen) atoms. The first-order valence-electron chi connectivity index (χ1n) is 6.19. The summed E-state index contributed by atoms with van der Waals surface area (Å²) in [6.07, 6.45) is 1.54. The third-order valence-electron chi connectivity index (χ3n) is 2.87. The largest absolute Gasteiger partial charge is 0.455 e. The number of anilines is 1. The summed E-state index contributed by atoms with van der Waals surface area (Å²) in [5.74, 6) is 0.926. The predicted molar refractivity (Wildman–Crippen MR) is 77.9 cm³/mol. The van der Waals surface area contributed by atoms with Crippen molar-refractivity contribution in [3.63, 3.8) is 0 Å². The summed E-state index contributed by atoms with van der Waals surface area (Å²) in [5.41, 5.74) is 7.83. The molecule has 0 unspecified atom stereocenters. The van der Waals surface area contributed by atoms with Crippen LogP contribution in [-0.2, 0) is 0 Å². The first kappa shape index (κ1) is 13.9. The summed E-state index contributed by atoms with van der Waals surface area (Å²) >= 11 is 0. The number of aromatic nitrogens is 1. The number of para-hydroxylation sites is 1. The van der Waals surface area contributed by atoms with Gasteiger partial charge in [-0.15, -0.1) is 0 Å². The standard InChI is InChI=1S/C15H17N3O2/c1-10-5-4-6-13(14(10)16)20-11-7-8-17-12(9-11)15(19)18(2)3/h4-9H,16H2,1-3H3. The summed E-state index contributed by atoms with van der Waals surface area (Å²) in [5, 5.41) is 0. The number of rotatable bonds is 3. The van der Waals surface area contributed by atoms with E-state index in [9.17, 15) is 4.79 Å². The average molecular weight is 271 g/mol. The lowest BCUT2D eigenvalue weighted by Crippen LogP contribution is -2.22. The van der Waals surface area contributed by atoms with E-state index in [2.05, 4.69) is 4.98 Å². The minimum absolute atomic E-state index is 0.173. The van der Waals surface area contributed by atoms with Crippen LogP contribution in [0.1, 0.15) is 16.1 Å². The van der Waals surface area contributed by atoms with Gasteiger partial charge in [0, 0.05) is 26.4 Å². The molecule has 0 aliphatic rings. The van der Waals surface area contributed by atoms with E-state index in [4.69, 9.17) is 10.5 Å². The Morgan fingerprint density at radius 3 is 2.75 bits per heavy atom. The van der Waals surface area contributed by atoms with Crippen molar-refractivity contribution >= 4 is 11.6 Å². The molecule has 5 nitrogen and oxygen atoms in total. The van der Waals surface area contributed by atoms with Crippen LogP contribution in [0, 0.1) is 6.92 Å². The lowest BCUT2D eigenvalue weighted by atomic mass is 10.2. The summed E-state index contributed by atoms with van der Waals surface area (Å²) < 4.78 is 5.72. The quantitative estimate of drug-likeness (QED) is 0.871. The molecule has 0 saturated heterocycles. The van der Waals surface area contributed by atoms with E-state index in [0.29, 0.717) is 22.9 Å². The Balaban J connectivity index is 2.28. The molecule has 0 fully saturated rings. The third kappa shape index (κ3) is 2.88. The average Bonchev–Trinajstić information content (AvgIpc) is 2.43. The van der Waals surface area contributed by atoms with E-state index in [0.717, 1.165) is 5.56 Å². The van der Waals surface area contributed by atoms with Gasteiger partial charge in [0.05, 0.1) is 5.69 Å². The number of aryl methyl sites for hydroxylation is 1. The van der Waals surface area contributed by atoms with Crippen molar-refractivity contribution in [1.82, 2.24) is 9.88 Å². The lowest BCUT2D eigenvalue weighted by Gasteiger charge is -2.12.